The molecule has 100 valence electrons. The van der Waals surface area contributed by atoms with Crippen LogP contribution in [0, 0.1) is 5.41 Å². The van der Waals surface area contributed by atoms with E-state index in [0.717, 1.165) is 41.8 Å². The van der Waals surface area contributed by atoms with Crippen molar-refractivity contribution in [2.45, 2.75) is 25.7 Å². The summed E-state index contributed by atoms with van der Waals surface area (Å²) in [5, 5.41) is 0.724. The van der Waals surface area contributed by atoms with Crippen molar-refractivity contribution in [3.8, 4) is 0 Å². The van der Waals surface area contributed by atoms with Crippen LogP contribution in [0.4, 0.5) is 0 Å². The number of carbonyl (C=O) groups is 1. The highest BCUT2D eigenvalue weighted by molar-refractivity contribution is 6.30. The largest absolute Gasteiger partial charge is 0.294 e. The van der Waals surface area contributed by atoms with Crippen LogP contribution in [0.2, 0.25) is 5.02 Å². The van der Waals surface area contributed by atoms with Gasteiger partial charge in [0.25, 0.3) is 0 Å². The topological polar surface area (TPSA) is 17.1 Å². The molecule has 0 aliphatic heterocycles. The molecule has 2 aromatic rings. The minimum atomic E-state index is -0.204. The van der Waals surface area contributed by atoms with Gasteiger partial charge in [-0.1, -0.05) is 35.9 Å². The Kier molecular flexibility index (Phi) is 2.55. The smallest absolute Gasteiger partial charge is 0.169 e. The average Bonchev–Trinajstić information content (AvgIpc) is 2.83. The molecule has 2 aromatic carbocycles. The molecule has 2 heteroatoms. The van der Waals surface area contributed by atoms with Gasteiger partial charge in [-0.3, -0.25) is 4.79 Å². The van der Waals surface area contributed by atoms with Crippen LogP contribution in [0.3, 0.4) is 0 Å². The average molecular weight is 283 g/mol. The summed E-state index contributed by atoms with van der Waals surface area (Å²) in [6.45, 7) is 0. The zero-order valence-electron chi connectivity index (χ0n) is 11.2. The molecule has 0 fully saturated rings. The summed E-state index contributed by atoms with van der Waals surface area (Å²) >= 11 is 6.04. The van der Waals surface area contributed by atoms with Crippen molar-refractivity contribution in [1.29, 1.82) is 0 Å². The lowest BCUT2D eigenvalue weighted by Gasteiger charge is -2.33. The highest BCUT2D eigenvalue weighted by Crippen LogP contribution is 2.46. The molecule has 0 radical (unpaired) electrons. The Balaban J connectivity index is 1.77. The molecule has 4 rings (SSSR count). The maximum atomic E-state index is 13.0. The van der Waals surface area contributed by atoms with Crippen LogP contribution in [-0.2, 0) is 19.3 Å². The van der Waals surface area contributed by atoms with E-state index >= 15 is 0 Å². The molecule has 0 bridgehead atoms. The maximum Gasteiger partial charge on any atom is 0.169 e. The van der Waals surface area contributed by atoms with Gasteiger partial charge < -0.3 is 0 Å². The third kappa shape index (κ3) is 1.66. The van der Waals surface area contributed by atoms with Crippen molar-refractivity contribution < 1.29 is 4.79 Å². The van der Waals surface area contributed by atoms with E-state index in [1.54, 1.807) is 0 Å². The maximum absolute atomic E-state index is 13.0. The molecule has 0 amide bonds. The molecule has 0 N–H and O–H groups in total. The molecule has 0 saturated heterocycles. The normalized spacial score (nSPS) is 18.9. The summed E-state index contributed by atoms with van der Waals surface area (Å²) in [5.74, 6) is 0.312. The van der Waals surface area contributed by atoms with Gasteiger partial charge in [-0.05, 0) is 60.6 Å². The lowest BCUT2D eigenvalue weighted by molar-refractivity contribution is 0.0771. The van der Waals surface area contributed by atoms with Gasteiger partial charge in [0, 0.05) is 16.0 Å². The van der Waals surface area contributed by atoms with E-state index in [1.165, 1.54) is 11.1 Å². The van der Waals surface area contributed by atoms with Gasteiger partial charge in [-0.25, -0.2) is 0 Å². The van der Waals surface area contributed by atoms with E-state index in [2.05, 4.69) is 24.3 Å². The van der Waals surface area contributed by atoms with E-state index in [9.17, 15) is 4.79 Å². The molecule has 0 atom stereocenters. The highest BCUT2D eigenvalue weighted by Gasteiger charge is 2.46. The zero-order valence-corrected chi connectivity index (χ0v) is 11.9. The van der Waals surface area contributed by atoms with E-state index in [-0.39, 0.29) is 5.41 Å². The lowest BCUT2D eigenvalue weighted by Crippen LogP contribution is -2.36. The Morgan fingerprint density at radius 2 is 1.65 bits per heavy atom. The number of halogens is 1. The second-order valence-electron chi connectivity index (χ2n) is 6.03. The summed E-state index contributed by atoms with van der Waals surface area (Å²) in [6, 6.07) is 14.1. The van der Waals surface area contributed by atoms with Gasteiger partial charge in [-0.2, -0.15) is 0 Å². The van der Waals surface area contributed by atoms with E-state index < -0.39 is 0 Å². The van der Waals surface area contributed by atoms with Crippen LogP contribution in [0.15, 0.2) is 42.5 Å². The van der Waals surface area contributed by atoms with Gasteiger partial charge in [-0.15, -0.1) is 0 Å². The van der Waals surface area contributed by atoms with Crippen molar-refractivity contribution >= 4 is 17.4 Å². The Morgan fingerprint density at radius 1 is 0.950 bits per heavy atom. The van der Waals surface area contributed by atoms with Crippen molar-refractivity contribution in [1.82, 2.24) is 0 Å². The predicted molar refractivity (Wildman–Crippen MR) is 80.4 cm³/mol. The number of carbonyl (C=O) groups excluding carboxylic acids is 1. The second-order valence-corrected chi connectivity index (χ2v) is 6.47. The molecule has 20 heavy (non-hydrogen) atoms. The fourth-order valence-electron chi connectivity index (χ4n) is 3.80. The van der Waals surface area contributed by atoms with Crippen molar-refractivity contribution in [2.75, 3.05) is 0 Å². The van der Waals surface area contributed by atoms with Crippen LogP contribution < -0.4 is 0 Å². The Morgan fingerprint density at radius 3 is 2.35 bits per heavy atom. The standard InChI is InChI=1S/C18H15ClO/c19-15-5-6-16-12(9-15)7-8-18(17(16)20)10-13-3-1-2-4-14(13)11-18/h1-6,9H,7-8,10-11H2. The van der Waals surface area contributed by atoms with Crippen LogP contribution in [-0.4, -0.2) is 5.78 Å². The molecule has 0 unspecified atom stereocenters. The number of hydrogen-bond acceptors (Lipinski definition) is 1. The number of benzene rings is 2. The van der Waals surface area contributed by atoms with E-state index in [0.29, 0.717) is 5.78 Å². The van der Waals surface area contributed by atoms with Crippen LogP contribution in [0.5, 0.6) is 0 Å². The molecule has 0 aromatic heterocycles. The second kappa shape index (κ2) is 4.20. The van der Waals surface area contributed by atoms with Crippen LogP contribution in [0.25, 0.3) is 0 Å². The van der Waals surface area contributed by atoms with E-state index in [4.69, 9.17) is 11.6 Å². The monoisotopic (exact) mass is 282 g/mol. The molecular formula is C18H15ClO. The third-order valence-corrected chi connectivity index (χ3v) is 5.08. The predicted octanol–water partition coefficient (Wildman–Crippen LogP) is 4.25. The lowest BCUT2D eigenvalue weighted by atomic mass is 9.69. The number of Topliss-reactive ketones (excluding diaryl/α,β-unsaturated/α-hetero) is 1. The Bertz CT molecular complexity index is 692. The number of ketones is 1. The van der Waals surface area contributed by atoms with Gasteiger partial charge in [0.15, 0.2) is 5.78 Å². The molecule has 2 aliphatic rings. The molecule has 1 spiro atoms. The van der Waals surface area contributed by atoms with Gasteiger partial charge in [0.1, 0.15) is 0 Å². The fourth-order valence-corrected chi connectivity index (χ4v) is 3.99. The fraction of sp³-hybridized carbons (Fsp3) is 0.278. The Hall–Kier alpha value is -1.60. The molecule has 0 heterocycles. The van der Waals surface area contributed by atoms with Crippen LogP contribution in [0.1, 0.15) is 33.5 Å². The van der Waals surface area contributed by atoms with Crippen molar-refractivity contribution in [2.24, 2.45) is 5.41 Å². The van der Waals surface area contributed by atoms with Gasteiger partial charge in [0.2, 0.25) is 0 Å². The number of aryl methyl sites for hydroxylation is 1. The first kappa shape index (κ1) is 12.2. The zero-order chi connectivity index (χ0) is 13.7. The number of hydrogen-bond donors (Lipinski definition) is 0. The first-order valence-corrected chi connectivity index (χ1v) is 7.46. The number of fused-ring (bicyclic) bond motifs is 2. The van der Waals surface area contributed by atoms with Crippen molar-refractivity contribution in [3.63, 3.8) is 0 Å². The molecule has 2 aliphatic carbocycles. The van der Waals surface area contributed by atoms with Crippen LogP contribution >= 0.6 is 11.6 Å². The summed E-state index contributed by atoms with van der Waals surface area (Å²) in [4.78, 5) is 13.0. The Labute approximate surface area is 123 Å². The first-order valence-electron chi connectivity index (χ1n) is 7.08. The van der Waals surface area contributed by atoms with Gasteiger partial charge >= 0.3 is 0 Å². The molecular weight excluding hydrogens is 268 g/mol. The molecule has 0 saturated carbocycles. The summed E-state index contributed by atoms with van der Waals surface area (Å²) < 4.78 is 0. The summed E-state index contributed by atoms with van der Waals surface area (Å²) in [5.41, 5.74) is 4.49. The third-order valence-electron chi connectivity index (χ3n) is 4.84. The van der Waals surface area contributed by atoms with Crippen molar-refractivity contribution in [3.05, 3.63) is 69.7 Å². The highest BCUT2D eigenvalue weighted by atomic mass is 35.5. The quantitative estimate of drug-likeness (QED) is 0.706. The summed E-state index contributed by atoms with van der Waals surface area (Å²) in [6.07, 6.45) is 3.68. The number of rotatable bonds is 0. The van der Waals surface area contributed by atoms with E-state index in [1.807, 2.05) is 18.2 Å². The SMILES string of the molecule is O=C1c2ccc(Cl)cc2CCC12Cc1ccccc1C2. The van der Waals surface area contributed by atoms with Gasteiger partial charge in [0.05, 0.1) is 0 Å². The minimum absolute atomic E-state index is 0.204. The first-order chi connectivity index (χ1) is 9.68. The molecule has 1 nitrogen and oxygen atoms in total. The minimum Gasteiger partial charge on any atom is -0.294 e. The summed E-state index contributed by atoms with van der Waals surface area (Å²) in [7, 11) is 0.